The van der Waals surface area contributed by atoms with Gasteiger partial charge in [0.2, 0.25) is 0 Å². The Morgan fingerprint density at radius 2 is 0.510 bits per heavy atom. The number of rotatable bonds is 42. The Balaban J connectivity index is 4.75. The van der Waals surface area contributed by atoms with Gasteiger partial charge in [0, 0.05) is 16.1 Å². The van der Waals surface area contributed by atoms with Gasteiger partial charge in [0.05, 0.1) is 18.3 Å². The molecule has 0 radical (unpaired) electrons. The van der Waals surface area contributed by atoms with Gasteiger partial charge in [-0.2, -0.15) is 0 Å². The van der Waals surface area contributed by atoms with Crippen LogP contribution >= 0.6 is 45.3 Å². The molecule has 0 heterocycles. The molecule has 3 unspecified atom stereocenters. The molecular weight excluding hydrogens is 680 g/mol. The highest BCUT2D eigenvalue weighted by Crippen LogP contribution is 2.45. The number of thiocarbonyl (C=S) groups is 3. The van der Waals surface area contributed by atoms with Crippen LogP contribution in [0.2, 0.25) is 0 Å². The lowest BCUT2D eigenvalue weighted by atomic mass is 10.1. The highest BCUT2D eigenvalue weighted by Gasteiger charge is 2.25. The second-order valence-corrected chi connectivity index (χ2v) is 16.4. The molecule has 7 heteroatoms. The third-order valence-corrected chi connectivity index (χ3v) is 11.9. The summed E-state index contributed by atoms with van der Waals surface area (Å²) in [5.74, 6) is 0. The average Bonchev–Trinajstić information content (AvgIpc) is 3.12. The van der Waals surface area contributed by atoms with E-state index < -0.39 is 8.60 Å². The smallest absolute Gasteiger partial charge is 0.304 e. The van der Waals surface area contributed by atoms with Crippen molar-refractivity contribution in [3.05, 3.63) is 0 Å². The first-order valence-corrected chi connectivity index (χ1v) is 23.8. The molecule has 0 rings (SSSR count). The van der Waals surface area contributed by atoms with E-state index in [1.165, 1.54) is 173 Å². The van der Waals surface area contributed by atoms with Crippen molar-refractivity contribution < 1.29 is 13.6 Å². The Hall–Kier alpha value is 0.580. The molecule has 0 aromatic heterocycles. The molecule has 3 nitrogen and oxygen atoms in total. The van der Waals surface area contributed by atoms with Gasteiger partial charge in [-0.3, -0.25) is 0 Å². The molecule has 290 valence electrons. The third kappa shape index (κ3) is 35.4. The van der Waals surface area contributed by atoms with Crippen molar-refractivity contribution in [2.24, 2.45) is 0 Å². The highest BCUT2D eigenvalue weighted by atomic mass is 32.1. The minimum atomic E-state index is -1.60. The van der Waals surface area contributed by atoms with Crippen LogP contribution in [0.1, 0.15) is 233 Å². The van der Waals surface area contributed by atoms with E-state index >= 15 is 0 Å². The Morgan fingerprint density at radius 1 is 0.327 bits per heavy atom. The standard InChI is InChI=1S/C42H81O3PS3/c1-4-7-10-13-16-19-22-25-28-31-34-40(37-47)43-46(44-41(38-48)35-32-29-26-23-20-17-14-11-8-5-2)45-42(39-49)36-33-30-27-24-21-18-15-12-9-6-3/h37-42H,4-36H2,1-3H3. The Labute approximate surface area is 324 Å². The summed E-state index contributed by atoms with van der Waals surface area (Å²) in [6.07, 6.45) is 41.8. The SMILES string of the molecule is CCCCCCCCCCCCC(C=S)OP(OC(C=S)CCCCCCCCCCCC)OC(C=S)CCCCCCCCCCCC. The van der Waals surface area contributed by atoms with Crippen LogP contribution in [-0.4, -0.2) is 34.4 Å². The van der Waals surface area contributed by atoms with Crippen molar-refractivity contribution >= 4 is 61.4 Å². The number of hydrogen-bond acceptors (Lipinski definition) is 6. The maximum absolute atomic E-state index is 6.47. The fourth-order valence-corrected chi connectivity index (χ4v) is 8.47. The lowest BCUT2D eigenvalue weighted by Crippen LogP contribution is -2.20. The lowest BCUT2D eigenvalue weighted by molar-refractivity contribution is 0.112. The van der Waals surface area contributed by atoms with E-state index in [9.17, 15) is 0 Å². The van der Waals surface area contributed by atoms with E-state index in [0.717, 1.165) is 38.5 Å². The van der Waals surface area contributed by atoms with Gasteiger partial charge in [-0.05, 0) is 19.3 Å². The summed E-state index contributed by atoms with van der Waals surface area (Å²) in [4.78, 5) is 0. The molecule has 0 aromatic carbocycles. The van der Waals surface area contributed by atoms with Crippen molar-refractivity contribution in [1.29, 1.82) is 0 Å². The van der Waals surface area contributed by atoms with Crippen molar-refractivity contribution in [3.8, 4) is 0 Å². The minimum Gasteiger partial charge on any atom is -0.304 e. The Morgan fingerprint density at radius 3 is 0.694 bits per heavy atom. The van der Waals surface area contributed by atoms with E-state index in [1.54, 1.807) is 16.1 Å². The highest BCUT2D eigenvalue weighted by molar-refractivity contribution is 7.79. The molecule has 0 bridgehead atoms. The summed E-state index contributed by atoms with van der Waals surface area (Å²) in [5.41, 5.74) is 0. The summed E-state index contributed by atoms with van der Waals surface area (Å²) in [5, 5.41) is 5.29. The van der Waals surface area contributed by atoms with E-state index in [4.69, 9.17) is 50.2 Å². The van der Waals surface area contributed by atoms with Gasteiger partial charge in [-0.25, -0.2) is 0 Å². The molecule has 0 aromatic rings. The van der Waals surface area contributed by atoms with Crippen LogP contribution in [0.4, 0.5) is 0 Å². The molecule has 49 heavy (non-hydrogen) atoms. The van der Waals surface area contributed by atoms with E-state index in [-0.39, 0.29) is 18.3 Å². The van der Waals surface area contributed by atoms with E-state index in [0.29, 0.717) is 0 Å². The normalized spacial score (nSPS) is 14.0. The van der Waals surface area contributed by atoms with Crippen LogP contribution in [-0.2, 0) is 13.6 Å². The predicted molar refractivity (Wildman–Crippen MR) is 232 cm³/mol. The maximum Gasteiger partial charge on any atom is 0.334 e. The van der Waals surface area contributed by atoms with Crippen molar-refractivity contribution in [2.45, 2.75) is 251 Å². The third-order valence-electron chi connectivity index (χ3n) is 9.65. The zero-order valence-electron chi connectivity index (χ0n) is 32.7. The molecule has 0 spiro atoms. The molecular formula is C42H81O3PS3. The lowest BCUT2D eigenvalue weighted by Gasteiger charge is -2.26. The largest absolute Gasteiger partial charge is 0.334 e. The number of unbranched alkanes of at least 4 members (excludes halogenated alkanes) is 27. The van der Waals surface area contributed by atoms with Crippen LogP contribution in [0.5, 0.6) is 0 Å². The van der Waals surface area contributed by atoms with Crippen LogP contribution in [0, 0.1) is 0 Å². The molecule has 0 saturated carbocycles. The number of hydrogen-bond donors (Lipinski definition) is 0. The molecule has 0 fully saturated rings. The molecule has 0 aliphatic carbocycles. The van der Waals surface area contributed by atoms with Crippen LogP contribution < -0.4 is 0 Å². The summed E-state index contributed by atoms with van der Waals surface area (Å²) in [6, 6.07) is 0. The van der Waals surface area contributed by atoms with Crippen molar-refractivity contribution in [2.75, 3.05) is 0 Å². The van der Waals surface area contributed by atoms with Gasteiger partial charge in [-0.1, -0.05) is 250 Å². The van der Waals surface area contributed by atoms with Crippen molar-refractivity contribution in [1.82, 2.24) is 0 Å². The Bertz CT molecular complexity index is 608. The van der Waals surface area contributed by atoms with Gasteiger partial charge >= 0.3 is 8.60 Å². The Kier molecular flexibility index (Phi) is 41.8. The first kappa shape index (κ1) is 49.6. The minimum absolute atomic E-state index is 0.152. The maximum atomic E-state index is 6.47. The second-order valence-electron chi connectivity index (χ2n) is 14.5. The fraction of sp³-hybridized carbons (Fsp3) is 0.929. The fourth-order valence-electron chi connectivity index (χ4n) is 6.34. The molecule has 0 saturated heterocycles. The van der Waals surface area contributed by atoms with Crippen LogP contribution in [0.15, 0.2) is 0 Å². The molecule has 0 N–H and O–H groups in total. The van der Waals surface area contributed by atoms with Gasteiger partial charge in [-0.15, -0.1) is 0 Å². The predicted octanol–water partition coefficient (Wildman–Crippen LogP) is 16.3. The van der Waals surface area contributed by atoms with Gasteiger partial charge in [0.25, 0.3) is 0 Å². The summed E-state index contributed by atoms with van der Waals surface area (Å²) in [7, 11) is -1.60. The molecule has 3 atom stereocenters. The van der Waals surface area contributed by atoms with Crippen LogP contribution in [0.25, 0.3) is 0 Å². The van der Waals surface area contributed by atoms with Crippen molar-refractivity contribution in [3.63, 3.8) is 0 Å². The first-order chi connectivity index (χ1) is 24.1. The monoisotopic (exact) mass is 761 g/mol. The molecule has 0 aliphatic rings. The topological polar surface area (TPSA) is 27.7 Å². The molecule has 0 aliphatic heterocycles. The van der Waals surface area contributed by atoms with Gasteiger partial charge < -0.3 is 13.6 Å². The zero-order valence-corrected chi connectivity index (χ0v) is 36.0. The van der Waals surface area contributed by atoms with E-state index in [2.05, 4.69) is 20.8 Å². The summed E-state index contributed by atoms with van der Waals surface area (Å²) < 4.78 is 19.4. The van der Waals surface area contributed by atoms with E-state index in [1.807, 2.05) is 0 Å². The summed E-state index contributed by atoms with van der Waals surface area (Å²) >= 11 is 16.3. The average molecular weight is 761 g/mol. The quantitative estimate of drug-likeness (QED) is 0.0349. The van der Waals surface area contributed by atoms with Crippen LogP contribution in [0.3, 0.4) is 0 Å². The second kappa shape index (κ2) is 41.3. The van der Waals surface area contributed by atoms with Gasteiger partial charge in [0.15, 0.2) is 0 Å². The zero-order chi connectivity index (χ0) is 35.9. The first-order valence-electron chi connectivity index (χ1n) is 21.3. The van der Waals surface area contributed by atoms with Gasteiger partial charge in [0.1, 0.15) is 0 Å². The summed E-state index contributed by atoms with van der Waals surface area (Å²) in [6.45, 7) is 6.84. The molecule has 0 amide bonds.